The molecular formula is C10H21N3O. The first-order valence-electron chi connectivity index (χ1n) is 5.42. The maximum atomic E-state index is 11.6. The summed E-state index contributed by atoms with van der Waals surface area (Å²) in [5, 5.41) is 2.93. The summed E-state index contributed by atoms with van der Waals surface area (Å²) in [5.41, 5.74) is 5.66. The van der Waals surface area contributed by atoms with E-state index in [1.165, 1.54) is 0 Å². The van der Waals surface area contributed by atoms with Gasteiger partial charge in [-0.2, -0.15) is 0 Å². The Kier molecular flexibility index (Phi) is 4.35. The molecule has 4 nitrogen and oxygen atoms in total. The Morgan fingerprint density at radius 3 is 2.79 bits per heavy atom. The number of amides is 1. The average Bonchev–Trinajstić information content (AvgIpc) is 2.12. The summed E-state index contributed by atoms with van der Waals surface area (Å²) in [5.74, 6) is 0.130. The summed E-state index contributed by atoms with van der Waals surface area (Å²) in [4.78, 5) is 13.7. The summed E-state index contributed by atoms with van der Waals surface area (Å²) in [6.45, 7) is 6.54. The van der Waals surface area contributed by atoms with Crippen LogP contribution in [0.5, 0.6) is 0 Å². The van der Waals surface area contributed by atoms with Crippen LogP contribution in [0.25, 0.3) is 0 Å². The smallest absolute Gasteiger partial charge is 0.237 e. The van der Waals surface area contributed by atoms with Crippen LogP contribution in [-0.2, 0) is 4.79 Å². The monoisotopic (exact) mass is 199 g/mol. The van der Waals surface area contributed by atoms with E-state index in [-0.39, 0.29) is 18.0 Å². The minimum atomic E-state index is -0.0216. The van der Waals surface area contributed by atoms with Crippen LogP contribution < -0.4 is 11.1 Å². The molecule has 1 saturated heterocycles. The summed E-state index contributed by atoms with van der Waals surface area (Å²) < 4.78 is 0. The molecule has 0 bridgehead atoms. The van der Waals surface area contributed by atoms with Gasteiger partial charge in [-0.15, -0.1) is 0 Å². The highest BCUT2D eigenvalue weighted by atomic mass is 16.2. The fraction of sp³-hybridized carbons (Fsp3) is 0.900. The average molecular weight is 199 g/mol. The molecule has 1 aliphatic heterocycles. The second kappa shape index (κ2) is 5.32. The highest BCUT2D eigenvalue weighted by molar-refractivity contribution is 5.81. The molecule has 0 aromatic heterocycles. The Morgan fingerprint density at radius 1 is 1.64 bits per heavy atom. The molecule has 1 heterocycles. The minimum absolute atomic E-state index is 0.0216. The number of likely N-dealkylation sites (tertiary alicyclic amines) is 1. The van der Waals surface area contributed by atoms with Gasteiger partial charge in [0.05, 0.1) is 6.04 Å². The maximum absolute atomic E-state index is 11.6. The molecule has 3 N–H and O–H groups in total. The van der Waals surface area contributed by atoms with Crippen molar-refractivity contribution in [3.05, 3.63) is 0 Å². The zero-order chi connectivity index (χ0) is 10.6. The first-order chi connectivity index (χ1) is 6.65. The number of hydrogen-bond acceptors (Lipinski definition) is 3. The molecule has 0 spiro atoms. The van der Waals surface area contributed by atoms with Crippen LogP contribution in [0.2, 0.25) is 0 Å². The first-order valence-corrected chi connectivity index (χ1v) is 5.42. The van der Waals surface area contributed by atoms with Crippen LogP contribution in [-0.4, -0.2) is 42.5 Å². The lowest BCUT2D eigenvalue weighted by Gasteiger charge is -2.40. The molecule has 14 heavy (non-hydrogen) atoms. The third-order valence-corrected chi connectivity index (χ3v) is 2.69. The molecule has 0 aromatic rings. The van der Waals surface area contributed by atoms with Crippen molar-refractivity contribution in [1.82, 2.24) is 10.2 Å². The number of carbonyl (C=O) groups is 1. The van der Waals surface area contributed by atoms with Crippen molar-refractivity contribution in [3.63, 3.8) is 0 Å². The van der Waals surface area contributed by atoms with E-state index in [9.17, 15) is 4.79 Å². The van der Waals surface area contributed by atoms with Gasteiger partial charge < -0.3 is 11.1 Å². The molecule has 1 atom stereocenters. The highest BCUT2D eigenvalue weighted by Gasteiger charge is 2.30. The predicted molar refractivity (Wildman–Crippen MR) is 56.9 cm³/mol. The lowest BCUT2D eigenvalue weighted by atomic mass is 10.1. The molecule has 1 aliphatic rings. The number of nitrogens with two attached hydrogens (primary N) is 1. The lowest BCUT2D eigenvalue weighted by Crippen LogP contribution is -2.61. The largest absolute Gasteiger partial charge is 0.355 e. The Bertz CT molecular complexity index is 190. The lowest BCUT2D eigenvalue weighted by molar-refractivity contribution is -0.127. The van der Waals surface area contributed by atoms with Crippen molar-refractivity contribution in [2.45, 2.75) is 38.8 Å². The molecule has 0 radical (unpaired) electrons. The van der Waals surface area contributed by atoms with Crippen molar-refractivity contribution in [3.8, 4) is 0 Å². The van der Waals surface area contributed by atoms with E-state index < -0.39 is 0 Å². The van der Waals surface area contributed by atoms with Gasteiger partial charge in [0.25, 0.3) is 0 Å². The number of nitrogens with one attached hydrogen (secondary N) is 1. The van der Waals surface area contributed by atoms with Gasteiger partial charge in [0.1, 0.15) is 0 Å². The van der Waals surface area contributed by atoms with Gasteiger partial charge in [-0.1, -0.05) is 13.3 Å². The summed E-state index contributed by atoms with van der Waals surface area (Å²) in [6, 6.07) is 0.243. The Labute approximate surface area is 85.8 Å². The van der Waals surface area contributed by atoms with Crippen LogP contribution in [0.1, 0.15) is 26.7 Å². The van der Waals surface area contributed by atoms with Crippen molar-refractivity contribution in [2.24, 2.45) is 5.73 Å². The Hall–Kier alpha value is -0.610. The fourth-order valence-corrected chi connectivity index (χ4v) is 1.57. The first kappa shape index (κ1) is 11.5. The predicted octanol–water partition coefficient (Wildman–Crippen LogP) is -0.0659. The topological polar surface area (TPSA) is 58.4 Å². The van der Waals surface area contributed by atoms with Gasteiger partial charge in [-0.25, -0.2) is 0 Å². The third-order valence-electron chi connectivity index (χ3n) is 2.69. The fourth-order valence-electron chi connectivity index (χ4n) is 1.57. The third kappa shape index (κ3) is 2.96. The highest BCUT2D eigenvalue weighted by Crippen LogP contribution is 2.10. The van der Waals surface area contributed by atoms with Gasteiger partial charge in [0.15, 0.2) is 0 Å². The molecule has 1 fully saturated rings. The molecule has 1 amide bonds. The van der Waals surface area contributed by atoms with Crippen LogP contribution >= 0.6 is 0 Å². The van der Waals surface area contributed by atoms with E-state index in [4.69, 9.17) is 5.73 Å². The van der Waals surface area contributed by atoms with Crippen molar-refractivity contribution in [2.75, 3.05) is 19.6 Å². The van der Waals surface area contributed by atoms with Crippen LogP contribution in [0.4, 0.5) is 0 Å². The second-order valence-electron chi connectivity index (χ2n) is 4.03. The van der Waals surface area contributed by atoms with E-state index in [2.05, 4.69) is 17.1 Å². The number of rotatable bonds is 5. The zero-order valence-corrected chi connectivity index (χ0v) is 9.12. The number of carbonyl (C=O) groups excluding carboxylic acids is 1. The quantitative estimate of drug-likeness (QED) is 0.610. The van der Waals surface area contributed by atoms with E-state index in [1.54, 1.807) is 0 Å². The van der Waals surface area contributed by atoms with Crippen LogP contribution in [0.15, 0.2) is 0 Å². The Morgan fingerprint density at radius 2 is 2.29 bits per heavy atom. The molecule has 0 saturated carbocycles. The number of unbranched alkanes of at least 4 members (excludes halogenated alkanes) is 1. The molecule has 1 unspecified atom stereocenters. The van der Waals surface area contributed by atoms with Crippen molar-refractivity contribution in [1.29, 1.82) is 0 Å². The van der Waals surface area contributed by atoms with Gasteiger partial charge in [-0.3, -0.25) is 9.69 Å². The Balaban J connectivity index is 2.16. The van der Waals surface area contributed by atoms with Gasteiger partial charge in [0.2, 0.25) is 5.91 Å². The summed E-state index contributed by atoms with van der Waals surface area (Å²) in [6.07, 6.45) is 2.17. The van der Waals surface area contributed by atoms with Gasteiger partial charge in [-0.05, 0) is 13.3 Å². The standard InChI is InChI=1S/C10H21N3O/c1-3-4-5-12-10(14)8(2)13-6-9(11)7-13/h8-9H,3-7,11H2,1-2H3,(H,12,14). The van der Waals surface area contributed by atoms with Gasteiger partial charge in [0, 0.05) is 25.7 Å². The SMILES string of the molecule is CCCCNC(=O)C(C)N1CC(N)C1. The van der Waals surface area contributed by atoms with E-state index >= 15 is 0 Å². The molecule has 1 rings (SSSR count). The van der Waals surface area contributed by atoms with Crippen LogP contribution in [0.3, 0.4) is 0 Å². The van der Waals surface area contributed by atoms with E-state index in [1.807, 2.05) is 6.92 Å². The van der Waals surface area contributed by atoms with Crippen molar-refractivity contribution >= 4 is 5.91 Å². The second-order valence-corrected chi connectivity index (χ2v) is 4.03. The summed E-state index contributed by atoms with van der Waals surface area (Å²) in [7, 11) is 0. The van der Waals surface area contributed by atoms with Gasteiger partial charge >= 0.3 is 0 Å². The van der Waals surface area contributed by atoms with E-state index in [0.717, 1.165) is 32.5 Å². The number of nitrogens with zero attached hydrogens (tertiary/aromatic N) is 1. The van der Waals surface area contributed by atoms with Crippen LogP contribution in [0, 0.1) is 0 Å². The van der Waals surface area contributed by atoms with Crippen molar-refractivity contribution < 1.29 is 4.79 Å². The summed E-state index contributed by atoms with van der Waals surface area (Å²) >= 11 is 0. The molecule has 0 aromatic carbocycles. The molecule has 4 heteroatoms. The molecule has 82 valence electrons. The normalized spacial score (nSPS) is 20.2. The minimum Gasteiger partial charge on any atom is -0.355 e. The zero-order valence-electron chi connectivity index (χ0n) is 9.12. The molecular weight excluding hydrogens is 178 g/mol. The van der Waals surface area contributed by atoms with E-state index in [0.29, 0.717) is 0 Å². The molecule has 0 aliphatic carbocycles. The number of hydrogen-bond donors (Lipinski definition) is 2. The maximum Gasteiger partial charge on any atom is 0.237 e.